The topological polar surface area (TPSA) is 74.5 Å². The average Bonchev–Trinajstić information content (AvgIpc) is 3.31. The third-order valence-corrected chi connectivity index (χ3v) is 5.66. The Morgan fingerprint density at radius 3 is 2.67 bits per heavy atom. The minimum Gasteiger partial charge on any atom is -0.371 e. The first kappa shape index (κ1) is 20.1. The van der Waals surface area contributed by atoms with E-state index < -0.39 is 0 Å². The van der Waals surface area contributed by atoms with Gasteiger partial charge in [-0.3, -0.25) is 14.7 Å². The van der Waals surface area contributed by atoms with Crippen molar-refractivity contribution in [3.05, 3.63) is 77.9 Å². The molecule has 0 radical (unpaired) electrons. The molecular weight excluding hydrogens is 378 g/mol. The normalized spacial score (nSPS) is 14.8. The summed E-state index contributed by atoms with van der Waals surface area (Å²) in [7, 11) is 2.15. The number of nitrogens with one attached hydrogen (secondary N) is 1. The van der Waals surface area contributed by atoms with Gasteiger partial charge < -0.3 is 14.7 Å². The number of hydrogen-bond donors (Lipinski definition) is 1. The molecule has 1 aromatic carbocycles. The van der Waals surface area contributed by atoms with E-state index in [1.807, 2.05) is 42.5 Å². The first-order chi connectivity index (χ1) is 14.7. The molecule has 1 N–H and O–H groups in total. The van der Waals surface area contributed by atoms with E-state index in [-0.39, 0.29) is 5.91 Å². The van der Waals surface area contributed by atoms with E-state index in [2.05, 4.69) is 32.3 Å². The lowest BCUT2D eigenvalue weighted by atomic mass is 10.0. The van der Waals surface area contributed by atoms with Crippen LogP contribution in [0, 0.1) is 0 Å². The molecule has 1 saturated heterocycles. The Labute approximate surface area is 176 Å². The van der Waals surface area contributed by atoms with Gasteiger partial charge in [-0.1, -0.05) is 11.2 Å². The maximum absolute atomic E-state index is 12.4. The Kier molecular flexibility index (Phi) is 6.39. The molecule has 2 aromatic heterocycles. The van der Waals surface area contributed by atoms with E-state index in [0.717, 1.165) is 49.4 Å². The van der Waals surface area contributed by atoms with Gasteiger partial charge in [-0.2, -0.15) is 0 Å². The first-order valence-corrected chi connectivity index (χ1v) is 10.3. The van der Waals surface area contributed by atoms with Gasteiger partial charge >= 0.3 is 0 Å². The second kappa shape index (κ2) is 9.54. The van der Waals surface area contributed by atoms with Crippen LogP contribution in [-0.4, -0.2) is 47.1 Å². The number of amides is 1. The number of hydrogen-bond acceptors (Lipinski definition) is 6. The van der Waals surface area contributed by atoms with Crippen molar-refractivity contribution >= 4 is 11.6 Å². The minimum atomic E-state index is -0.0707. The summed E-state index contributed by atoms with van der Waals surface area (Å²) in [6.45, 7) is 3.29. The molecule has 7 nitrogen and oxygen atoms in total. The molecule has 3 heterocycles. The monoisotopic (exact) mass is 405 g/mol. The second-order valence-electron chi connectivity index (χ2n) is 7.71. The number of aromatic nitrogens is 2. The molecule has 1 aliphatic heterocycles. The van der Waals surface area contributed by atoms with E-state index in [1.54, 1.807) is 18.7 Å². The summed E-state index contributed by atoms with van der Waals surface area (Å²) in [5.41, 5.74) is 3.79. The highest BCUT2D eigenvalue weighted by atomic mass is 16.5. The van der Waals surface area contributed by atoms with Crippen LogP contribution in [0.25, 0.3) is 0 Å². The summed E-state index contributed by atoms with van der Waals surface area (Å²) in [5, 5.41) is 6.94. The Morgan fingerprint density at radius 1 is 1.20 bits per heavy atom. The molecule has 0 spiro atoms. The Bertz CT molecular complexity index is 920. The molecule has 156 valence electrons. The number of carbonyl (C=O) groups excluding carboxylic acids is 1. The quantitative estimate of drug-likeness (QED) is 0.651. The fraction of sp³-hybridized carbons (Fsp3) is 0.348. The molecule has 0 atom stereocenters. The molecule has 0 saturated carbocycles. The van der Waals surface area contributed by atoms with Crippen molar-refractivity contribution in [2.24, 2.45) is 0 Å². The van der Waals surface area contributed by atoms with Gasteiger partial charge in [0.05, 0.1) is 5.69 Å². The first-order valence-electron chi connectivity index (χ1n) is 10.3. The van der Waals surface area contributed by atoms with Crippen LogP contribution < -0.4 is 10.2 Å². The highest BCUT2D eigenvalue weighted by molar-refractivity contribution is 5.94. The van der Waals surface area contributed by atoms with Crippen molar-refractivity contribution < 1.29 is 9.32 Å². The highest BCUT2D eigenvalue weighted by Crippen LogP contribution is 2.23. The Morgan fingerprint density at radius 2 is 2.00 bits per heavy atom. The standard InChI is InChI=1S/C23H27N5O2/c1-27(17-20-10-14-30-26-20)21-8-12-28(13-9-21)22-6-4-19(5-7-22)23(29)25-16-18-3-2-11-24-15-18/h2-7,10-11,14-15,21H,8-9,12-13,16-17H2,1H3,(H,25,29). The molecule has 30 heavy (non-hydrogen) atoms. The van der Waals surface area contributed by atoms with Gasteiger partial charge in [0.2, 0.25) is 0 Å². The lowest BCUT2D eigenvalue weighted by Crippen LogP contribution is -2.43. The van der Waals surface area contributed by atoms with Crippen molar-refractivity contribution in [3.63, 3.8) is 0 Å². The molecule has 0 bridgehead atoms. The lowest BCUT2D eigenvalue weighted by molar-refractivity contribution is 0.0951. The molecule has 3 aromatic rings. The third kappa shape index (κ3) is 5.04. The molecule has 7 heteroatoms. The van der Waals surface area contributed by atoms with Crippen molar-refractivity contribution in [2.75, 3.05) is 25.0 Å². The maximum Gasteiger partial charge on any atom is 0.251 e. The van der Waals surface area contributed by atoms with Crippen LogP contribution >= 0.6 is 0 Å². The van der Waals surface area contributed by atoms with Crippen molar-refractivity contribution in [2.45, 2.75) is 32.0 Å². The van der Waals surface area contributed by atoms with Crippen LogP contribution in [0.2, 0.25) is 0 Å². The van der Waals surface area contributed by atoms with E-state index in [0.29, 0.717) is 18.2 Å². The van der Waals surface area contributed by atoms with Gasteiger partial charge in [0.15, 0.2) is 0 Å². The van der Waals surface area contributed by atoms with E-state index >= 15 is 0 Å². The number of rotatable bonds is 7. The van der Waals surface area contributed by atoms with Gasteiger partial charge in [0.1, 0.15) is 6.26 Å². The fourth-order valence-corrected chi connectivity index (χ4v) is 3.88. The van der Waals surface area contributed by atoms with Crippen LogP contribution in [0.4, 0.5) is 5.69 Å². The molecular formula is C23H27N5O2. The molecule has 4 rings (SSSR count). The predicted octanol–water partition coefficient (Wildman–Crippen LogP) is 3.10. The largest absolute Gasteiger partial charge is 0.371 e. The van der Waals surface area contributed by atoms with Crippen LogP contribution in [0.15, 0.2) is 65.6 Å². The lowest BCUT2D eigenvalue weighted by Gasteiger charge is -2.37. The molecule has 1 aliphatic rings. The van der Waals surface area contributed by atoms with Crippen LogP contribution in [-0.2, 0) is 13.1 Å². The van der Waals surface area contributed by atoms with Gasteiger partial charge in [-0.25, -0.2) is 0 Å². The van der Waals surface area contributed by atoms with E-state index in [4.69, 9.17) is 4.52 Å². The number of pyridine rings is 1. The molecule has 0 unspecified atom stereocenters. The summed E-state index contributed by atoms with van der Waals surface area (Å²) in [6, 6.07) is 14.1. The third-order valence-electron chi connectivity index (χ3n) is 5.66. The van der Waals surface area contributed by atoms with Crippen LogP contribution in [0.1, 0.15) is 34.5 Å². The number of piperidine rings is 1. The number of nitrogens with zero attached hydrogens (tertiary/aromatic N) is 4. The van der Waals surface area contributed by atoms with Gasteiger partial charge in [0.25, 0.3) is 5.91 Å². The van der Waals surface area contributed by atoms with Crippen molar-refractivity contribution in [1.29, 1.82) is 0 Å². The van der Waals surface area contributed by atoms with E-state index in [1.165, 1.54) is 0 Å². The smallest absolute Gasteiger partial charge is 0.251 e. The van der Waals surface area contributed by atoms with Gasteiger partial charge in [-0.15, -0.1) is 0 Å². The van der Waals surface area contributed by atoms with Crippen molar-refractivity contribution in [1.82, 2.24) is 20.4 Å². The maximum atomic E-state index is 12.4. The minimum absolute atomic E-state index is 0.0707. The Hall–Kier alpha value is -3.19. The SMILES string of the molecule is CN(Cc1ccon1)C1CCN(c2ccc(C(=O)NCc3cccnc3)cc2)CC1. The number of benzene rings is 1. The van der Waals surface area contributed by atoms with Crippen LogP contribution in [0.5, 0.6) is 0 Å². The zero-order valence-corrected chi connectivity index (χ0v) is 17.2. The second-order valence-corrected chi connectivity index (χ2v) is 7.71. The molecule has 1 amide bonds. The fourth-order valence-electron chi connectivity index (χ4n) is 3.88. The average molecular weight is 406 g/mol. The summed E-state index contributed by atoms with van der Waals surface area (Å²) >= 11 is 0. The molecule has 0 aliphatic carbocycles. The Balaban J connectivity index is 1.26. The zero-order valence-electron chi connectivity index (χ0n) is 17.2. The summed E-state index contributed by atoms with van der Waals surface area (Å²) in [4.78, 5) is 21.2. The summed E-state index contributed by atoms with van der Waals surface area (Å²) < 4.78 is 4.93. The van der Waals surface area contributed by atoms with Gasteiger partial charge in [0, 0.05) is 61.9 Å². The molecule has 1 fully saturated rings. The predicted molar refractivity (Wildman–Crippen MR) is 115 cm³/mol. The van der Waals surface area contributed by atoms with Gasteiger partial charge in [-0.05, 0) is 55.8 Å². The van der Waals surface area contributed by atoms with E-state index in [9.17, 15) is 4.79 Å². The van der Waals surface area contributed by atoms with Crippen LogP contribution in [0.3, 0.4) is 0 Å². The highest BCUT2D eigenvalue weighted by Gasteiger charge is 2.23. The number of carbonyl (C=O) groups is 1. The summed E-state index contributed by atoms with van der Waals surface area (Å²) in [6.07, 6.45) is 7.30. The summed E-state index contributed by atoms with van der Waals surface area (Å²) in [5.74, 6) is -0.0707. The zero-order chi connectivity index (χ0) is 20.8. The van der Waals surface area contributed by atoms with Crippen molar-refractivity contribution in [3.8, 4) is 0 Å². The number of anilines is 1.